The van der Waals surface area contributed by atoms with E-state index in [1.165, 1.54) is 5.56 Å². The van der Waals surface area contributed by atoms with Crippen molar-refractivity contribution in [2.24, 2.45) is 5.10 Å². The normalized spacial score (nSPS) is 14.2. The van der Waals surface area contributed by atoms with E-state index in [-0.39, 0.29) is 0 Å². The minimum absolute atomic E-state index is 0.593. The topological polar surface area (TPSA) is 89.7 Å². The van der Waals surface area contributed by atoms with Crippen LogP contribution in [0.5, 0.6) is 5.75 Å². The Hall–Kier alpha value is -3.98. The van der Waals surface area contributed by atoms with Gasteiger partial charge in [0.15, 0.2) is 17.0 Å². The van der Waals surface area contributed by atoms with E-state index < -0.39 is 0 Å². The molecule has 9 heteroatoms. The molecule has 1 aliphatic heterocycles. The summed E-state index contributed by atoms with van der Waals surface area (Å²) in [6.07, 6.45) is 3.46. The number of imidazole rings is 1. The fourth-order valence-electron chi connectivity index (χ4n) is 3.71. The molecule has 5 rings (SSSR count). The molecule has 2 aromatic carbocycles. The number of aryl methyl sites for hydroxylation is 1. The fraction of sp³-hybridized carbons (Fsp3) is 0.250. The van der Waals surface area contributed by atoms with Gasteiger partial charge < -0.3 is 19.7 Å². The van der Waals surface area contributed by atoms with Gasteiger partial charge in [-0.2, -0.15) is 15.1 Å². The lowest BCUT2D eigenvalue weighted by Gasteiger charge is -2.27. The van der Waals surface area contributed by atoms with Crippen LogP contribution in [0.4, 0.5) is 17.5 Å². The molecule has 9 nitrogen and oxygen atoms in total. The lowest BCUT2D eigenvalue weighted by Crippen LogP contribution is -2.37. The Morgan fingerprint density at radius 3 is 2.76 bits per heavy atom. The van der Waals surface area contributed by atoms with Crippen molar-refractivity contribution >= 4 is 34.8 Å². The number of para-hydroxylation sites is 2. The maximum absolute atomic E-state index is 5.50. The summed E-state index contributed by atoms with van der Waals surface area (Å²) in [6.45, 7) is 4.78. The molecule has 33 heavy (non-hydrogen) atoms. The Kier molecular flexibility index (Phi) is 5.86. The standard InChI is InChI=1S/C24H25N7O2/c1-17-6-5-7-18(14-17)15-26-31-16-25-21-22(27-19-8-3-4-9-20(19)32-2)28-24(29-23(21)31)30-10-12-33-13-11-30/h3-9,14-16H,10-13H2,1-2H3,(H,27,28,29). The van der Waals surface area contributed by atoms with Gasteiger partial charge >= 0.3 is 0 Å². The zero-order valence-electron chi connectivity index (χ0n) is 18.6. The van der Waals surface area contributed by atoms with Gasteiger partial charge in [0.1, 0.15) is 12.1 Å². The van der Waals surface area contributed by atoms with Crippen molar-refractivity contribution in [2.75, 3.05) is 43.6 Å². The van der Waals surface area contributed by atoms with Gasteiger partial charge in [-0.15, -0.1) is 0 Å². The summed E-state index contributed by atoms with van der Waals surface area (Å²) in [4.78, 5) is 16.3. The summed E-state index contributed by atoms with van der Waals surface area (Å²) in [7, 11) is 1.64. The van der Waals surface area contributed by atoms with E-state index in [0.29, 0.717) is 41.9 Å². The number of nitrogens with zero attached hydrogens (tertiary/aromatic N) is 6. The first kappa shape index (κ1) is 20.9. The Balaban J connectivity index is 1.58. The second kappa shape index (κ2) is 9.25. The first-order valence-electron chi connectivity index (χ1n) is 10.8. The molecule has 3 heterocycles. The number of methoxy groups -OCH3 is 1. The molecule has 1 aliphatic rings. The molecule has 0 amide bonds. The number of nitrogens with one attached hydrogen (secondary N) is 1. The molecule has 0 spiro atoms. The van der Waals surface area contributed by atoms with Gasteiger partial charge in [0, 0.05) is 13.1 Å². The molecule has 0 aliphatic carbocycles. The van der Waals surface area contributed by atoms with Crippen LogP contribution in [0.3, 0.4) is 0 Å². The molecule has 0 bridgehead atoms. The summed E-state index contributed by atoms with van der Waals surface area (Å²) in [5.41, 5.74) is 4.22. The van der Waals surface area contributed by atoms with Crippen LogP contribution in [0.25, 0.3) is 11.2 Å². The summed E-state index contributed by atoms with van der Waals surface area (Å²) >= 11 is 0. The van der Waals surface area contributed by atoms with Gasteiger partial charge in [-0.3, -0.25) is 0 Å². The highest BCUT2D eigenvalue weighted by molar-refractivity contribution is 5.88. The van der Waals surface area contributed by atoms with E-state index in [1.807, 2.05) is 36.4 Å². The van der Waals surface area contributed by atoms with Crippen molar-refractivity contribution in [1.82, 2.24) is 19.6 Å². The minimum Gasteiger partial charge on any atom is -0.495 e. The highest BCUT2D eigenvalue weighted by Gasteiger charge is 2.20. The lowest BCUT2D eigenvalue weighted by molar-refractivity contribution is 0.122. The molecule has 0 radical (unpaired) electrons. The van der Waals surface area contributed by atoms with E-state index in [2.05, 4.69) is 39.4 Å². The van der Waals surface area contributed by atoms with Gasteiger partial charge in [-0.1, -0.05) is 42.0 Å². The molecule has 4 aromatic rings. The second-order valence-electron chi connectivity index (χ2n) is 7.72. The third kappa shape index (κ3) is 4.49. The maximum Gasteiger partial charge on any atom is 0.229 e. The van der Waals surface area contributed by atoms with Gasteiger partial charge in [0.05, 0.1) is 32.2 Å². The van der Waals surface area contributed by atoms with E-state index in [4.69, 9.17) is 19.4 Å². The van der Waals surface area contributed by atoms with Crippen molar-refractivity contribution in [3.8, 4) is 5.75 Å². The van der Waals surface area contributed by atoms with Gasteiger partial charge in [0.2, 0.25) is 5.95 Å². The van der Waals surface area contributed by atoms with Crippen molar-refractivity contribution in [1.29, 1.82) is 0 Å². The largest absolute Gasteiger partial charge is 0.495 e. The smallest absolute Gasteiger partial charge is 0.229 e. The van der Waals surface area contributed by atoms with Crippen molar-refractivity contribution < 1.29 is 9.47 Å². The Labute approximate surface area is 191 Å². The predicted molar refractivity (Wildman–Crippen MR) is 129 cm³/mol. The van der Waals surface area contributed by atoms with E-state index >= 15 is 0 Å². The van der Waals surface area contributed by atoms with Gasteiger partial charge in [0.25, 0.3) is 0 Å². The van der Waals surface area contributed by atoms with Crippen molar-refractivity contribution in [3.05, 3.63) is 66.0 Å². The zero-order chi connectivity index (χ0) is 22.6. The number of anilines is 3. The molecular formula is C24H25N7O2. The first-order valence-corrected chi connectivity index (χ1v) is 10.8. The number of benzene rings is 2. The number of aromatic nitrogens is 4. The molecule has 0 atom stereocenters. The van der Waals surface area contributed by atoms with E-state index in [1.54, 1.807) is 24.3 Å². The lowest BCUT2D eigenvalue weighted by atomic mass is 10.2. The Morgan fingerprint density at radius 1 is 1.09 bits per heavy atom. The number of rotatable bonds is 6. The molecule has 1 N–H and O–H groups in total. The molecule has 2 aromatic heterocycles. The highest BCUT2D eigenvalue weighted by atomic mass is 16.5. The predicted octanol–water partition coefficient (Wildman–Crippen LogP) is 3.61. The summed E-state index contributed by atoms with van der Waals surface area (Å²) < 4.78 is 12.7. The number of hydrogen-bond acceptors (Lipinski definition) is 8. The fourth-order valence-corrected chi connectivity index (χ4v) is 3.71. The van der Waals surface area contributed by atoms with Crippen LogP contribution in [0.1, 0.15) is 11.1 Å². The van der Waals surface area contributed by atoms with Crippen LogP contribution in [-0.2, 0) is 4.74 Å². The van der Waals surface area contributed by atoms with Gasteiger partial charge in [-0.25, -0.2) is 9.66 Å². The molecule has 0 unspecified atom stereocenters. The van der Waals surface area contributed by atoms with Crippen LogP contribution in [-0.4, -0.2) is 59.3 Å². The monoisotopic (exact) mass is 443 g/mol. The number of hydrogen-bond donors (Lipinski definition) is 1. The van der Waals surface area contributed by atoms with Crippen LogP contribution in [0.15, 0.2) is 60.0 Å². The van der Waals surface area contributed by atoms with Crippen LogP contribution < -0.4 is 15.0 Å². The zero-order valence-corrected chi connectivity index (χ0v) is 18.6. The first-order chi connectivity index (χ1) is 16.2. The molecule has 0 saturated carbocycles. The third-order valence-electron chi connectivity index (χ3n) is 5.39. The average Bonchev–Trinajstić information content (AvgIpc) is 3.27. The van der Waals surface area contributed by atoms with E-state index in [0.717, 1.165) is 24.3 Å². The summed E-state index contributed by atoms with van der Waals surface area (Å²) in [5.74, 6) is 1.92. The Bertz CT molecular complexity index is 1300. The molecular weight excluding hydrogens is 418 g/mol. The molecule has 1 fully saturated rings. The summed E-state index contributed by atoms with van der Waals surface area (Å²) in [5, 5.41) is 8.00. The summed E-state index contributed by atoms with van der Waals surface area (Å²) in [6, 6.07) is 15.9. The molecule has 168 valence electrons. The number of ether oxygens (including phenoxy) is 2. The van der Waals surface area contributed by atoms with Crippen molar-refractivity contribution in [2.45, 2.75) is 6.92 Å². The van der Waals surface area contributed by atoms with Gasteiger partial charge in [-0.05, 0) is 24.6 Å². The highest BCUT2D eigenvalue weighted by Crippen LogP contribution is 2.30. The van der Waals surface area contributed by atoms with Crippen LogP contribution in [0.2, 0.25) is 0 Å². The number of morpholine rings is 1. The van der Waals surface area contributed by atoms with Crippen molar-refractivity contribution in [3.63, 3.8) is 0 Å². The second-order valence-corrected chi connectivity index (χ2v) is 7.72. The number of fused-ring (bicyclic) bond motifs is 1. The Morgan fingerprint density at radius 2 is 1.94 bits per heavy atom. The third-order valence-corrected chi connectivity index (χ3v) is 5.39. The SMILES string of the molecule is COc1ccccc1Nc1nc(N2CCOCC2)nc2c1ncn2N=Cc1cccc(C)c1. The average molecular weight is 444 g/mol. The van der Waals surface area contributed by atoms with Crippen LogP contribution in [0, 0.1) is 6.92 Å². The molecule has 1 saturated heterocycles. The van der Waals surface area contributed by atoms with Crippen LogP contribution >= 0.6 is 0 Å². The van der Waals surface area contributed by atoms with E-state index in [9.17, 15) is 0 Å². The minimum atomic E-state index is 0.593. The maximum atomic E-state index is 5.50. The quantitative estimate of drug-likeness (QED) is 0.455.